The smallest absolute Gasteiger partial charge is 0.0584 e. The monoisotopic (exact) mass is 323 g/mol. The Morgan fingerprint density at radius 1 is 0.720 bits per heavy atom. The molecule has 3 aromatic rings. The van der Waals surface area contributed by atoms with Crippen molar-refractivity contribution in [2.75, 3.05) is 6.54 Å². The number of hydrogen-bond donors (Lipinski definition) is 0. The van der Waals surface area contributed by atoms with Crippen LogP contribution >= 0.6 is 0 Å². The average molecular weight is 323 g/mol. The number of rotatable bonds is 2. The number of nitrogens with zero attached hydrogens (tertiary/aromatic N) is 1. The minimum absolute atomic E-state index is 0.444. The van der Waals surface area contributed by atoms with Crippen molar-refractivity contribution in [3.8, 4) is 0 Å². The molecular weight excluding hydrogens is 302 g/mol. The standard InChI is InChI=1S/C24H21N/c1-3-9-18(10-4-1)22-17-23(20-12-5-2-6-13-20)25-16-15-19-11-7-8-14-21(19)24(22)25/h1-14,23H,15-17H2. The van der Waals surface area contributed by atoms with Crippen molar-refractivity contribution in [1.82, 2.24) is 4.90 Å². The maximum atomic E-state index is 2.64. The molecule has 1 unspecified atom stereocenters. The molecule has 1 atom stereocenters. The van der Waals surface area contributed by atoms with E-state index in [-0.39, 0.29) is 0 Å². The van der Waals surface area contributed by atoms with Crippen molar-refractivity contribution in [2.24, 2.45) is 0 Å². The van der Waals surface area contributed by atoms with Gasteiger partial charge in [-0.15, -0.1) is 0 Å². The van der Waals surface area contributed by atoms with E-state index in [1.165, 1.54) is 33.5 Å². The molecule has 1 heteroatoms. The molecule has 0 N–H and O–H groups in total. The first-order valence-corrected chi connectivity index (χ1v) is 9.10. The summed E-state index contributed by atoms with van der Waals surface area (Å²) in [5, 5.41) is 0. The summed E-state index contributed by atoms with van der Waals surface area (Å²) in [6.07, 6.45) is 2.21. The van der Waals surface area contributed by atoms with Gasteiger partial charge in [-0.05, 0) is 35.1 Å². The van der Waals surface area contributed by atoms with Crippen molar-refractivity contribution in [1.29, 1.82) is 0 Å². The van der Waals surface area contributed by atoms with E-state index in [2.05, 4.69) is 89.8 Å². The van der Waals surface area contributed by atoms with Gasteiger partial charge in [0.2, 0.25) is 0 Å². The van der Waals surface area contributed by atoms with E-state index in [1.54, 1.807) is 0 Å². The Labute approximate surface area is 149 Å². The number of fused-ring (bicyclic) bond motifs is 3. The minimum Gasteiger partial charge on any atom is -0.363 e. The maximum Gasteiger partial charge on any atom is 0.0584 e. The van der Waals surface area contributed by atoms with Gasteiger partial charge in [0.05, 0.1) is 6.04 Å². The van der Waals surface area contributed by atoms with Gasteiger partial charge in [-0.2, -0.15) is 0 Å². The molecule has 0 radical (unpaired) electrons. The van der Waals surface area contributed by atoms with Gasteiger partial charge in [-0.1, -0.05) is 84.9 Å². The molecule has 122 valence electrons. The van der Waals surface area contributed by atoms with Crippen LogP contribution in [0.15, 0.2) is 84.9 Å². The van der Waals surface area contributed by atoms with Crippen LogP contribution in [0.1, 0.15) is 34.7 Å². The van der Waals surface area contributed by atoms with Crippen LogP contribution in [-0.2, 0) is 6.42 Å². The quantitative estimate of drug-likeness (QED) is 0.597. The summed E-state index contributed by atoms with van der Waals surface area (Å²) < 4.78 is 0. The molecule has 0 saturated carbocycles. The van der Waals surface area contributed by atoms with Crippen LogP contribution in [0.5, 0.6) is 0 Å². The Hall–Kier alpha value is -2.80. The predicted octanol–water partition coefficient (Wildman–Crippen LogP) is 5.56. The highest BCUT2D eigenvalue weighted by Crippen LogP contribution is 2.49. The second kappa shape index (κ2) is 5.93. The lowest BCUT2D eigenvalue weighted by Gasteiger charge is -2.35. The highest BCUT2D eigenvalue weighted by molar-refractivity contribution is 5.94. The third-order valence-electron chi connectivity index (χ3n) is 5.55. The van der Waals surface area contributed by atoms with Crippen molar-refractivity contribution in [3.05, 3.63) is 107 Å². The van der Waals surface area contributed by atoms with E-state index in [4.69, 9.17) is 0 Å². The normalized spacial score (nSPS) is 18.9. The Morgan fingerprint density at radius 2 is 1.40 bits per heavy atom. The number of benzene rings is 3. The molecule has 3 aromatic carbocycles. The zero-order valence-electron chi connectivity index (χ0n) is 14.2. The summed E-state index contributed by atoms with van der Waals surface area (Å²) in [4.78, 5) is 2.64. The lowest BCUT2D eigenvalue weighted by Crippen LogP contribution is -2.29. The maximum absolute atomic E-state index is 2.64. The highest BCUT2D eigenvalue weighted by atomic mass is 15.2. The first-order chi connectivity index (χ1) is 12.4. The van der Waals surface area contributed by atoms with Gasteiger partial charge in [0, 0.05) is 17.8 Å². The van der Waals surface area contributed by atoms with E-state index in [0.717, 1.165) is 19.4 Å². The lowest BCUT2D eigenvalue weighted by atomic mass is 9.93. The second-order valence-electron chi connectivity index (χ2n) is 6.92. The van der Waals surface area contributed by atoms with Crippen LogP contribution in [0.2, 0.25) is 0 Å². The molecule has 0 bridgehead atoms. The summed E-state index contributed by atoms with van der Waals surface area (Å²) >= 11 is 0. The zero-order valence-corrected chi connectivity index (χ0v) is 14.2. The van der Waals surface area contributed by atoms with Gasteiger partial charge >= 0.3 is 0 Å². The molecule has 0 aromatic heterocycles. The molecule has 2 aliphatic heterocycles. The molecule has 2 aliphatic rings. The molecule has 5 rings (SSSR count). The summed E-state index contributed by atoms with van der Waals surface area (Å²) in [7, 11) is 0. The average Bonchev–Trinajstić information content (AvgIpc) is 3.09. The van der Waals surface area contributed by atoms with Crippen molar-refractivity contribution in [3.63, 3.8) is 0 Å². The van der Waals surface area contributed by atoms with E-state index < -0.39 is 0 Å². The first kappa shape index (κ1) is 14.5. The fourth-order valence-corrected chi connectivity index (χ4v) is 4.39. The largest absolute Gasteiger partial charge is 0.363 e. The Kier molecular flexibility index (Phi) is 3.45. The Morgan fingerprint density at radius 3 is 2.20 bits per heavy atom. The summed E-state index contributed by atoms with van der Waals surface area (Å²) in [5.41, 5.74) is 8.62. The van der Waals surface area contributed by atoms with Crippen molar-refractivity contribution < 1.29 is 0 Å². The van der Waals surface area contributed by atoms with Gasteiger partial charge in [0.1, 0.15) is 0 Å². The van der Waals surface area contributed by atoms with Gasteiger partial charge in [-0.3, -0.25) is 0 Å². The molecule has 25 heavy (non-hydrogen) atoms. The van der Waals surface area contributed by atoms with E-state index in [9.17, 15) is 0 Å². The molecule has 0 saturated heterocycles. The summed E-state index contributed by atoms with van der Waals surface area (Å²) in [6.45, 7) is 1.10. The van der Waals surface area contributed by atoms with Gasteiger partial charge in [-0.25, -0.2) is 0 Å². The molecule has 2 heterocycles. The highest BCUT2D eigenvalue weighted by Gasteiger charge is 2.36. The molecular formula is C24H21N. The predicted molar refractivity (Wildman–Crippen MR) is 104 cm³/mol. The third-order valence-corrected chi connectivity index (χ3v) is 5.55. The zero-order chi connectivity index (χ0) is 16.6. The molecule has 0 amide bonds. The Balaban J connectivity index is 1.69. The second-order valence-corrected chi connectivity index (χ2v) is 6.92. The van der Waals surface area contributed by atoms with Crippen LogP contribution in [-0.4, -0.2) is 11.4 Å². The fourth-order valence-electron chi connectivity index (χ4n) is 4.39. The number of hydrogen-bond acceptors (Lipinski definition) is 1. The Bertz CT molecular complexity index is 925. The lowest BCUT2D eigenvalue weighted by molar-refractivity contribution is 0.317. The van der Waals surface area contributed by atoms with Crippen LogP contribution in [0.3, 0.4) is 0 Å². The molecule has 1 nitrogen and oxygen atoms in total. The third kappa shape index (κ3) is 2.39. The van der Waals surface area contributed by atoms with Gasteiger partial charge in [0.15, 0.2) is 0 Å². The summed E-state index contributed by atoms with van der Waals surface area (Å²) in [6, 6.07) is 31.3. The van der Waals surface area contributed by atoms with Gasteiger partial charge < -0.3 is 4.90 Å². The topological polar surface area (TPSA) is 3.24 Å². The SMILES string of the molecule is c1ccc(C2=C3c4ccccc4CCN3C(c3ccccc3)C2)cc1. The molecule has 0 aliphatic carbocycles. The fraction of sp³-hybridized carbons (Fsp3) is 0.167. The van der Waals surface area contributed by atoms with Gasteiger partial charge in [0.25, 0.3) is 0 Å². The van der Waals surface area contributed by atoms with E-state index >= 15 is 0 Å². The summed E-state index contributed by atoms with van der Waals surface area (Å²) in [5.74, 6) is 0. The van der Waals surface area contributed by atoms with Crippen molar-refractivity contribution in [2.45, 2.75) is 18.9 Å². The van der Waals surface area contributed by atoms with Crippen LogP contribution in [0.25, 0.3) is 11.3 Å². The first-order valence-electron chi connectivity index (χ1n) is 9.10. The van der Waals surface area contributed by atoms with E-state index in [1.807, 2.05) is 0 Å². The van der Waals surface area contributed by atoms with E-state index in [0.29, 0.717) is 6.04 Å². The van der Waals surface area contributed by atoms with Crippen LogP contribution < -0.4 is 0 Å². The molecule has 0 fully saturated rings. The van der Waals surface area contributed by atoms with Crippen LogP contribution in [0, 0.1) is 0 Å². The molecule has 0 spiro atoms. The minimum atomic E-state index is 0.444. The van der Waals surface area contributed by atoms with Crippen molar-refractivity contribution >= 4 is 11.3 Å². The van der Waals surface area contributed by atoms with Crippen LogP contribution in [0.4, 0.5) is 0 Å².